The van der Waals surface area contributed by atoms with Gasteiger partial charge in [0.15, 0.2) is 0 Å². The Kier molecular flexibility index (Phi) is 8.69. The highest BCUT2D eigenvalue weighted by molar-refractivity contribution is 6.16. The van der Waals surface area contributed by atoms with Gasteiger partial charge in [0.1, 0.15) is 0 Å². The first-order chi connectivity index (χ1) is 32.5. The maximum atomic E-state index is 2.49. The largest absolute Gasteiger partial charge is 0.310 e. The highest BCUT2D eigenvalue weighted by atomic mass is 15.1. The molecule has 0 fully saturated rings. The van der Waals surface area contributed by atoms with Crippen molar-refractivity contribution in [2.24, 2.45) is 0 Å². The maximum Gasteiger partial charge on any atom is 0.0547 e. The van der Waals surface area contributed by atoms with E-state index in [4.69, 9.17) is 0 Å². The maximum absolute atomic E-state index is 2.49. The molecular formula is C63H47N3. The molecule has 3 heteroatoms. The van der Waals surface area contributed by atoms with Gasteiger partial charge in [0.2, 0.25) is 0 Å². The summed E-state index contributed by atoms with van der Waals surface area (Å²) in [6.45, 7) is 4.77. The fourth-order valence-electron chi connectivity index (χ4n) is 11.5. The van der Waals surface area contributed by atoms with Gasteiger partial charge in [-0.2, -0.15) is 0 Å². The molecule has 0 saturated heterocycles. The first kappa shape index (κ1) is 38.3. The van der Waals surface area contributed by atoms with Gasteiger partial charge in [-0.05, 0) is 130 Å². The van der Waals surface area contributed by atoms with Crippen molar-refractivity contribution >= 4 is 61.9 Å². The van der Waals surface area contributed by atoms with Crippen molar-refractivity contribution in [2.45, 2.75) is 32.1 Å². The van der Waals surface area contributed by atoms with Crippen LogP contribution in [-0.4, -0.2) is 9.13 Å². The van der Waals surface area contributed by atoms with Gasteiger partial charge in [-0.25, -0.2) is 0 Å². The Balaban J connectivity index is 0.969. The lowest BCUT2D eigenvalue weighted by molar-refractivity contribution is 0.661. The third kappa shape index (κ3) is 5.76. The van der Waals surface area contributed by atoms with Crippen LogP contribution in [0.2, 0.25) is 0 Å². The van der Waals surface area contributed by atoms with Crippen LogP contribution < -0.4 is 15.5 Å². The highest BCUT2D eigenvalue weighted by Crippen LogP contribution is 2.54. The lowest BCUT2D eigenvalue weighted by atomic mass is 9.81. The SMILES string of the molecule is CC1(C)c2ccccc2-c2cccc(N(c3ccc(-c4cccc5c4c4c(n5-c5ccccc5)=CCCC=4)cc3)c3ccc(-c4cccc5c4c4ccccc4n5-c4ccccc4)cc3)c21. The van der Waals surface area contributed by atoms with Crippen LogP contribution in [0.4, 0.5) is 17.1 Å². The standard InChI is InChI=1S/C63H47N3/c1-63(2)54-28-12-9-22-50(54)51-27-17-33-59(62(51)63)64(46-38-34-42(35-39-46)48-25-15-31-57-60(48)52-23-10-13-29-55(52)65(57)44-18-5-3-6-19-44)47-40-36-43(37-41-47)49-26-16-32-58-61(49)53-24-11-14-30-56(53)66(58)45-20-7-4-8-21-45/h3-10,12-13,15-41H,11,14H2,1-2H3. The molecule has 66 heavy (non-hydrogen) atoms. The molecule has 0 N–H and O–H groups in total. The second kappa shape index (κ2) is 15.0. The Morgan fingerprint density at radius 3 is 1.62 bits per heavy atom. The summed E-state index contributed by atoms with van der Waals surface area (Å²) < 4.78 is 4.84. The van der Waals surface area contributed by atoms with Crippen LogP contribution in [-0.2, 0) is 5.41 Å². The van der Waals surface area contributed by atoms with Crippen molar-refractivity contribution in [3.05, 3.63) is 234 Å². The van der Waals surface area contributed by atoms with Crippen LogP contribution in [0.5, 0.6) is 0 Å². The lowest BCUT2D eigenvalue weighted by Gasteiger charge is -2.32. The molecule has 3 nitrogen and oxygen atoms in total. The second-order valence-corrected chi connectivity index (χ2v) is 18.3. The van der Waals surface area contributed by atoms with Crippen molar-refractivity contribution in [2.75, 3.05) is 4.90 Å². The van der Waals surface area contributed by atoms with Crippen LogP contribution in [0.15, 0.2) is 212 Å². The molecule has 314 valence electrons. The molecular weight excluding hydrogens is 799 g/mol. The number of anilines is 3. The number of hydrogen-bond donors (Lipinski definition) is 0. The zero-order valence-corrected chi connectivity index (χ0v) is 37.1. The third-order valence-corrected chi connectivity index (χ3v) is 14.3. The summed E-state index contributed by atoms with van der Waals surface area (Å²) in [6.07, 6.45) is 6.96. The number of para-hydroxylation sites is 3. The normalized spacial score (nSPS) is 13.5. The van der Waals surface area contributed by atoms with E-state index in [1.807, 2.05) is 0 Å². The molecule has 0 amide bonds. The number of hydrogen-bond acceptors (Lipinski definition) is 1. The first-order valence-electron chi connectivity index (χ1n) is 23.3. The van der Waals surface area contributed by atoms with E-state index in [1.54, 1.807) is 0 Å². The van der Waals surface area contributed by atoms with Crippen LogP contribution in [0, 0.1) is 0 Å². The Bertz CT molecular complexity index is 3810. The van der Waals surface area contributed by atoms with Gasteiger partial charge in [0, 0.05) is 54.9 Å². The molecule has 0 unspecified atom stereocenters. The summed E-state index contributed by atoms with van der Waals surface area (Å²) in [6, 6.07) is 78.2. The van der Waals surface area contributed by atoms with Crippen LogP contribution in [0.25, 0.3) is 89.6 Å². The van der Waals surface area contributed by atoms with E-state index in [1.165, 1.54) is 99.2 Å². The molecule has 0 atom stereocenters. The van der Waals surface area contributed by atoms with E-state index in [9.17, 15) is 0 Å². The first-order valence-corrected chi connectivity index (χ1v) is 23.3. The molecule has 0 spiro atoms. The van der Waals surface area contributed by atoms with Gasteiger partial charge in [-0.15, -0.1) is 0 Å². The van der Waals surface area contributed by atoms with Crippen LogP contribution in [0.3, 0.4) is 0 Å². The fraction of sp³-hybridized carbons (Fsp3) is 0.0794. The van der Waals surface area contributed by atoms with E-state index >= 15 is 0 Å². The number of fused-ring (bicyclic) bond motifs is 9. The van der Waals surface area contributed by atoms with E-state index in [2.05, 4.69) is 252 Å². The van der Waals surface area contributed by atoms with E-state index < -0.39 is 0 Å². The molecule has 0 bridgehead atoms. The van der Waals surface area contributed by atoms with Gasteiger partial charge < -0.3 is 14.0 Å². The molecule has 0 saturated carbocycles. The summed E-state index contributed by atoms with van der Waals surface area (Å²) in [7, 11) is 0. The number of benzene rings is 9. The molecule has 2 heterocycles. The van der Waals surface area contributed by atoms with Gasteiger partial charge in [0.25, 0.3) is 0 Å². The average Bonchev–Trinajstić information content (AvgIpc) is 3.99. The fourth-order valence-corrected chi connectivity index (χ4v) is 11.5. The molecule has 11 aromatic rings. The summed E-state index contributed by atoms with van der Waals surface area (Å²) in [5, 5.41) is 6.46. The van der Waals surface area contributed by atoms with Gasteiger partial charge >= 0.3 is 0 Å². The minimum atomic E-state index is -0.197. The zero-order chi connectivity index (χ0) is 43.9. The monoisotopic (exact) mass is 845 g/mol. The van der Waals surface area contributed by atoms with E-state index in [0.29, 0.717) is 0 Å². The number of nitrogens with zero attached hydrogens (tertiary/aromatic N) is 3. The summed E-state index contributed by atoms with van der Waals surface area (Å²) in [5.41, 5.74) is 19.5. The Morgan fingerprint density at radius 2 is 0.924 bits per heavy atom. The second-order valence-electron chi connectivity index (χ2n) is 18.3. The van der Waals surface area contributed by atoms with Crippen LogP contribution >= 0.6 is 0 Å². The molecule has 13 rings (SSSR count). The molecule has 2 aromatic heterocycles. The summed E-state index contributed by atoms with van der Waals surface area (Å²) in [4.78, 5) is 2.49. The predicted octanol–water partition coefficient (Wildman–Crippen LogP) is 15.2. The predicted molar refractivity (Wildman–Crippen MR) is 278 cm³/mol. The third-order valence-electron chi connectivity index (χ3n) is 14.3. The minimum absolute atomic E-state index is 0.197. The van der Waals surface area contributed by atoms with Gasteiger partial charge in [-0.3, -0.25) is 0 Å². The Labute approximate surface area is 385 Å². The van der Waals surface area contributed by atoms with Gasteiger partial charge in [-0.1, -0.05) is 166 Å². The Hall–Kier alpha value is -8.14. The van der Waals surface area contributed by atoms with Crippen molar-refractivity contribution < 1.29 is 0 Å². The highest BCUT2D eigenvalue weighted by Gasteiger charge is 2.38. The van der Waals surface area contributed by atoms with Gasteiger partial charge in [0.05, 0.1) is 22.2 Å². The van der Waals surface area contributed by atoms with Crippen molar-refractivity contribution in [3.8, 4) is 44.8 Å². The molecule has 9 aromatic carbocycles. The Morgan fingerprint density at radius 1 is 0.409 bits per heavy atom. The van der Waals surface area contributed by atoms with Crippen molar-refractivity contribution in [1.29, 1.82) is 0 Å². The molecule has 2 aliphatic rings. The minimum Gasteiger partial charge on any atom is -0.310 e. The van der Waals surface area contributed by atoms with Crippen molar-refractivity contribution in [3.63, 3.8) is 0 Å². The van der Waals surface area contributed by atoms with Crippen molar-refractivity contribution in [1.82, 2.24) is 9.13 Å². The van der Waals surface area contributed by atoms with E-state index in [-0.39, 0.29) is 5.41 Å². The topological polar surface area (TPSA) is 13.1 Å². The average molecular weight is 846 g/mol. The van der Waals surface area contributed by atoms with E-state index in [0.717, 1.165) is 29.9 Å². The molecule has 2 aliphatic carbocycles. The number of rotatable bonds is 7. The van der Waals surface area contributed by atoms with Crippen LogP contribution in [0.1, 0.15) is 37.8 Å². The smallest absolute Gasteiger partial charge is 0.0547 e. The zero-order valence-electron chi connectivity index (χ0n) is 37.1. The summed E-state index contributed by atoms with van der Waals surface area (Å²) in [5.74, 6) is 0. The lowest BCUT2D eigenvalue weighted by Crippen LogP contribution is -2.30. The summed E-state index contributed by atoms with van der Waals surface area (Å²) >= 11 is 0. The molecule has 0 aliphatic heterocycles. The molecule has 0 radical (unpaired) electrons. The number of aromatic nitrogens is 2. The quantitative estimate of drug-likeness (QED) is 0.156.